The van der Waals surface area contributed by atoms with Gasteiger partial charge in [-0.1, -0.05) is 26.0 Å². The van der Waals surface area contributed by atoms with E-state index >= 15 is 0 Å². The van der Waals surface area contributed by atoms with E-state index in [0.717, 1.165) is 18.4 Å². The molecule has 1 heterocycles. The Hall–Kier alpha value is -3.48. The molecule has 4 rings (SSSR count). The van der Waals surface area contributed by atoms with Crippen LogP contribution in [0.15, 0.2) is 48.7 Å². The number of carbonyl (C=O) groups is 1. The van der Waals surface area contributed by atoms with Crippen molar-refractivity contribution in [3.8, 4) is 22.8 Å². The number of halogens is 1. The Balaban J connectivity index is 1.54. The van der Waals surface area contributed by atoms with Gasteiger partial charge < -0.3 is 14.6 Å². The SMILES string of the molecule is COc1ccc(F)c(-c2ncc(COc3cccc(C(CC(=O)O)C4CC4)c3)nc2C(C)C)c1. The summed E-state index contributed by atoms with van der Waals surface area (Å²) in [5, 5.41) is 9.29. The molecule has 6 nitrogen and oxygen atoms in total. The van der Waals surface area contributed by atoms with Crippen LogP contribution in [0, 0.1) is 11.7 Å². The average Bonchev–Trinajstić information content (AvgIpc) is 3.67. The summed E-state index contributed by atoms with van der Waals surface area (Å²) < 4.78 is 25.8. The summed E-state index contributed by atoms with van der Waals surface area (Å²) in [6.07, 6.45) is 3.86. The lowest BCUT2D eigenvalue weighted by Crippen LogP contribution is -2.09. The minimum atomic E-state index is -0.785. The van der Waals surface area contributed by atoms with Gasteiger partial charge in [-0.2, -0.15) is 0 Å². The van der Waals surface area contributed by atoms with Crippen molar-refractivity contribution in [3.05, 3.63) is 71.4 Å². The Morgan fingerprint density at radius 2 is 1.97 bits per heavy atom. The first-order valence-corrected chi connectivity index (χ1v) is 11.5. The van der Waals surface area contributed by atoms with Gasteiger partial charge in [0.2, 0.25) is 0 Å². The largest absolute Gasteiger partial charge is 0.497 e. The normalized spacial score (nSPS) is 14.1. The molecule has 0 saturated heterocycles. The lowest BCUT2D eigenvalue weighted by molar-refractivity contribution is -0.137. The standard InChI is InChI=1S/C27H29FN2O4/c1-16(2)26-27(23-12-20(33-3)9-10-24(23)28)29-14-19(30-26)15-34-21-6-4-5-18(11-21)22(13-25(31)32)17-7-8-17/h4-6,9-12,14,16-17,22H,7-8,13,15H2,1-3H3,(H,31,32). The van der Waals surface area contributed by atoms with E-state index in [-0.39, 0.29) is 30.7 Å². The van der Waals surface area contributed by atoms with E-state index in [1.165, 1.54) is 13.2 Å². The highest BCUT2D eigenvalue weighted by atomic mass is 19.1. The third kappa shape index (κ3) is 5.53. The molecule has 1 saturated carbocycles. The highest BCUT2D eigenvalue weighted by molar-refractivity contribution is 5.68. The number of nitrogens with zero attached hydrogens (tertiary/aromatic N) is 2. The summed E-state index contributed by atoms with van der Waals surface area (Å²) in [6.45, 7) is 4.17. The maximum absolute atomic E-state index is 14.6. The minimum Gasteiger partial charge on any atom is -0.497 e. The average molecular weight is 465 g/mol. The Bertz CT molecular complexity index is 1180. The van der Waals surface area contributed by atoms with Gasteiger partial charge in [-0.05, 0) is 66.5 Å². The van der Waals surface area contributed by atoms with Crippen molar-refractivity contribution in [1.29, 1.82) is 0 Å². The number of ether oxygens (including phenoxy) is 2. The van der Waals surface area contributed by atoms with Crippen LogP contribution in [0.4, 0.5) is 4.39 Å². The van der Waals surface area contributed by atoms with Crippen molar-refractivity contribution in [2.75, 3.05) is 7.11 Å². The molecule has 1 unspecified atom stereocenters. The fourth-order valence-electron chi connectivity index (χ4n) is 4.17. The van der Waals surface area contributed by atoms with Gasteiger partial charge in [-0.15, -0.1) is 0 Å². The first kappa shape index (κ1) is 23.7. The van der Waals surface area contributed by atoms with Crippen LogP contribution >= 0.6 is 0 Å². The van der Waals surface area contributed by atoms with Crippen LogP contribution in [0.1, 0.15) is 61.9 Å². The van der Waals surface area contributed by atoms with Gasteiger partial charge in [-0.25, -0.2) is 4.39 Å². The number of rotatable bonds is 10. The molecule has 1 aliphatic rings. The number of aromatic nitrogens is 2. The molecule has 1 aromatic heterocycles. The zero-order valence-corrected chi connectivity index (χ0v) is 19.6. The van der Waals surface area contributed by atoms with Crippen molar-refractivity contribution in [2.45, 2.75) is 51.6 Å². The molecule has 2 aromatic carbocycles. The van der Waals surface area contributed by atoms with Gasteiger partial charge in [0.1, 0.15) is 23.9 Å². The van der Waals surface area contributed by atoms with Crippen LogP contribution in [-0.4, -0.2) is 28.2 Å². The third-order valence-electron chi connectivity index (χ3n) is 6.08. The van der Waals surface area contributed by atoms with Gasteiger partial charge >= 0.3 is 5.97 Å². The Labute approximate surface area is 198 Å². The maximum Gasteiger partial charge on any atom is 0.303 e. The number of aliphatic carboxylic acids is 1. The van der Waals surface area contributed by atoms with E-state index < -0.39 is 5.97 Å². The number of carboxylic acids is 1. The molecule has 34 heavy (non-hydrogen) atoms. The predicted molar refractivity (Wildman–Crippen MR) is 127 cm³/mol. The number of hydrogen-bond acceptors (Lipinski definition) is 5. The van der Waals surface area contributed by atoms with Crippen LogP contribution in [0.2, 0.25) is 0 Å². The maximum atomic E-state index is 14.6. The van der Waals surface area contributed by atoms with Crippen molar-refractivity contribution in [2.24, 2.45) is 5.92 Å². The summed E-state index contributed by atoms with van der Waals surface area (Å²) in [6, 6.07) is 12.2. The highest BCUT2D eigenvalue weighted by Crippen LogP contribution is 2.45. The lowest BCUT2D eigenvalue weighted by atomic mass is 9.91. The van der Waals surface area contributed by atoms with E-state index in [1.54, 1.807) is 18.3 Å². The number of hydrogen-bond donors (Lipinski definition) is 1. The molecule has 3 aromatic rings. The lowest BCUT2D eigenvalue weighted by Gasteiger charge is -2.16. The van der Waals surface area contributed by atoms with E-state index in [2.05, 4.69) is 4.98 Å². The van der Waals surface area contributed by atoms with E-state index in [4.69, 9.17) is 14.5 Å². The Kier molecular flexibility index (Phi) is 7.10. The number of methoxy groups -OCH3 is 1. The third-order valence-corrected chi connectivity index (χ3v) is 6.08. The molecule has 1 fully saturated rings. The Morgan fingerprint density at radius 1 is 1.18 bits per heavy atom. The van der Waals surface area contributed by atoms with Crippen molar-refractivity contribution in [3.63, 3.8) is 0 Å². The van der Waals surface area contributed by atoms with Gasteiger partial charge in [0.05, 0.1) is 36.8 Å². The second kappa shape index (κ2) is 10.2. The molecule has 7 heteroatoms. The molecule has 1 aliphatic carbocycles. The molecular formula is C27H29FN2O4. The molecular weight excluding hydrogens is 435 g/mol. The molecule has 178 valence electrons. The first-order valence-electron chi connectivity index (χ1n) is 11.5. The van der Waals surface area contributed by atoms with Crippen LogP contribution in [0.25, 0.3) is 11.3 Å². The topological polar surface area (TPSA) is 81.5 Å². The monoisotopic (exact) mass is 464 g/mol. The minimum absolute atomic E-state index is 0.00503. The van der Waals surface area contributed by atoms with Crippen molar-refractivity contribution in [1.82, 2.24) is 9.97 Å². The molecule has 0 spiro atoms. The molecule has 0 amide bonds. The molecule has 1 atom stereocenters. The predicted octanol–water partition coefficient (Wildman–Crippen LogP) is 5.96. The summed E-state index contributed by atoms with van der Waals surface area (Å²) in [5.74, 6) is 0.487. The first-order chi connectivity index (χ1) is 16.4. The summed E-state index contributed by atoms with van der Waals surface area (Å²) >= 11 is 0. The second-order valence-corrected chi connectivity index (χ2v) is 9.00. The second-order valence-electron chi connectivity index (χ2n) is 9.00. The number of carboxylic acid groups (broad SMARTS) is 1. The van der Waals surface area contributed by atoms with Gasteiger partial charge in [-0.3, -0.25) is 14.8 Å². The summed E-state index contributed by atoms with van der Waals surface area (Å²) in [4.78, 5) is 20.6. The summed E-state index contributed by atoms with van der Waals surface area (Å²) in [5.41, 5.74) is 3.13. The van der Waals surface area contributed by atoms with E-state index in [1.807, 2.05) is 38.1 Å². The van der Waals surface area contributed by atoms with Crippen molar-refractivity contribution >= 4 is 5.97 Å². The summed E-state index contributed by atoms with van der Waals surface area (Å²) in [7, 11) is 1.54. The molecule has 0 aliphatic heterocycles. The fourth-order valence-corrected chi connectivity index (χ4v) is 4.17. The van der Waals surface area contributed by atoms with Crippen LogP contribution in [-0.2, 0) is 11.4 Å². The van der Waals surface area contributed by atoms with Crippen LogP contribution < -0.4 is 9.47 Å². The van der Waals surface area contributed by atoms with Gasteiger partial charge in [0, 0.05) is 5.56 Å². The van der Waals surface area contributed by atoms with Crippen LogP contribution in [0.3, 0.4) is 0 Å². The smallest absolute Gasteiger partial charge is 0.303 e. The van der Waals surface area contributed by atoms with E-state index in [9.17, 15) is 14.3 Å². The Morgan fingerprint density at radius 3 is 2.65 bits per heavy atom. The molecule has 0 bridgehead atoms. The molecule has 1 N–H and O–H groups in total. The number of benzene rings is 2. The van der Waals surface area contributed by atoms with E-state index in [0.29, 0.717) is 40.1 Å². The fraction of sp³-hybridized carbons (Fsp3) is 0.370. The van der Waals surface area contributed by atoms with Crippen LogP contribution in [0.5, 0.6) is 11.5 Å². The quantitative estimate of drug-likeness (QED) is 0.399. The zero-order valence-electron chi connectivity index (χ0n) is 19.6. The van der Waals surface area contributed by atoms with Gasteiger partial charge in [0.15, 0.2) is 0 Å². The molecule has 0 radical (unpaired) electrons. The zero-order chi connectivity index (χ0) is 24.2. The van der Waals surface area contributed by atoms with Gasteiger partial charge in [0.25, 0.3) is 0 Å². The highest BCUT2D eigenvalue weighted by Gasteiger charge is 2.33. The van der Waals surface area contributed by atoms with Crippen molar-refractivity contribution < 1.29 is 23.8 Å².